The summed E-state index contributed by atoms with van der Waals surface area (Å²) in [6, 6.07) is -0.686. The number of amides is 1. The van der Waals surface area contributed by atoms with Crippen LogP contribution in [0, 0.1) is 0 Å². The summed E-state index contributed by atoms with van der Waals surface area (Å²) in [5.74, 6) is -0.305. The molecule has 0 rings (SSSR count). The topological polar surface area (TPSA) is 67.2 Å². The number of hydrogen-bond donors (Lipinski definition) is 3. The molecule has 96 valence electrons. The summed E-state index contributed by atoms with van der Waals surface area (Å²) >= 11 is 0. The number of nitrogens with one attached hydrogen (secondary N) is 2. The fraction of sp³-hybridized carbons (Fsp3) is 0.889. The molecule has 16 heavy (non-hydrogen) atoms. The van der Waals surface area contributed by atoms with E-state index in [-0.39, 0.29) is 24.9 Å². The normalized spacial score (nSPS) is 13.9. The summed E-state index contributed by atoms with van der Waals surface area (Å²) in [5, 5.41) is 4.79. The van der Waals surface area contributed by atoms with Gasteiger partial charge in [0.2, 0.25) is 5.91 Å². The van der Waals surface area contributed by atoms with Crippen molar-refractivity contribution in [2.24, 2.45) is 5.73 Å². The zero-order chi connectivity index (χ0) is 12.8. The van der Waals surface area contributed by atoms with Crippen LogP contribution < -0.4 is 16.4 Å². The van der Waals surface area contributed by atoms with Crippen molar-refractivity contribution in [2.75, 3.05) is 13.1 Å². The van der Waals surface area contributed by atoms with Crippen molar-refractivity contribution in [1.29, 1.82) is 0 Å². The van der Waals surface area contributed by atoms with Crippen LogP contribution in [0.5, 0.6) is 0 Å². The Hall–Kier alpha value is -0.820. The van der Waals surface area contributed by atoms with Gasteiger partial charge in [-0.3, -0.25) is 4.79 Å². The van der Waals surface area contributed by atoms with Gasteiger partial charge in [0.05, 0.1) is 6.54 Å². The van der Waals surface area contributed by atoms with Gasteiger partial charge in [-0.25, -0.2) is 0 Å². The van der Waals surface area contributed by atoms with Gasteiger partial charge >= 0.3 is 6.18 Å². The second kappa shape index (κ2) is 6.70. The third-order valence-electron chi connectivity index (χ3n) is 1.76. The maximum Gasteiger partial charge on any atom is 0.401 e. The molecule has 0 aromatic heterocycles. The molecule has 7 heteroatoms. The Bertz CT molecular complexity index is 219. The highest BCUT2D eigenvalue weighted by molar-refractivity contribution is 5.76. The lowest BCUT2D eigenvalue weighted by Crippen LogP contribution is -2.45. The van der Waals surface area contributed by atoms with Crippen molar-refractivity contribution in [3.05, 3.63) is 0 Å². The summed E-state index contributed by atoms with van der Waals surface area (Å²) < 4.78 is 35.7. The second-order valence-electron chi connectivity index (χ2n) is 3.86. The number of hydrogen-bond acceptors (Lipinski definition) is 3. The number of nitrogens with two attached hydrogens (primary N) is 1. The lowest BCUT2D eigenvalue weighted by molar-refractivity contribution is -0.129. The molecule has 0 saturated carbocycles. The molecule has 1 unspecified atom stereocenters. The van der Waals surface area contributed by atoms with Crippen LogP contribution in [0.2, 0.25) is 0 Å². The largest absolute Gasteiger partial charge is 0.401 e. The van der Waals surface area contributed by atoms with Crippen LogP contribution in [0.3, 0.4) is 0 Å². The number of carbonyl (C=O) groups excluding carboxylic acids is 1. The van der Waals surface area contributed by atoms with E-state index in [2.05, 4.69) is 10.6 Å². The lowest BCUT2D eigenvalue weighted by Gasteiger charge is -2.18. The molecule has 0 aromatic carbocycles. The van der Waals surface area contributed by atoms with Crippen molar-refractivity contribution >= 4 is 5.91 Å². The Balaban J connectivity index is 3.96. The average Bonchev–Trinajstić information content (AvgIpc) is 2.09. The van der Waals surface area contributed by atoms with Gasteiger partial charge in [0.1, 0.15) is 0 Å². The first-order valence-electron chi connectivity index (χ1n) is 5.04. The Labute approximate surface area is 92.8 Å². The second-order valence-corrected chi connectivity index (χ2v) is 3.86. The van der Waals surface area contributed by atoms with E-state index < -0.39 is 18.8 Å². The third-order valence-corrected chi connectivity index (χ3v) is 1.76. The van der Waals surface area contributed by atoms with E-state index in [9.17, 15) is 18.0 Å². The zero-order valence-electron chi connectivity index (χ0n) is 9.40. The molecule has 0 fully saturated rings. The van der Waals surface area contributed by atoms with Gasteiger partial charge in [0.25, 0.3) is 0 Å². The van der Waals surface area contributed by atoms with Gasteiger partial charge in [0, 0.05) is 25.0 Å². The van der Waals surface area contributed by atoms with E-state index in [1.165, 1.54) is 0 Å². The molecule has 0 aromatic rings. The Kier molecular flexibility index (Phi) is 6.35. The monoisotopic (exact) mass is 241 g/mol. The highest BCUT2D eigenvalue weighted by Gasteiger charge is 2.28. The first kappa shape index (κ1) is 15.2. The number of halogens is 3. The van der Waals surface area contributed by atoms with Crippen LogP contribution in [0.1, 0.15) is 20.3 Å². The maximum atomic E-state index is 11.9. The Morgan fingerprint density at radius 2 is 1.94 bits per heavy atom. The SMILES string of the molecule is CC(C)NC(=O)CC(CN)NCC(F)(F)F. The third kappa shape index (κ3) is 8.49. The van der Waals surface area contributed by atoms with Crippen LogP contribution in [0.4, 0.5) is 13.2 Å². The fourth-order valence-electron chi connectivity index (χ4n) is 1.10. The first-order chi connectivity index (χ1) is 7.24. The lowest BCUT2D eigenvalue weighted by atomic mass is 10.2. The molecule has 4 N–H and O–H groups in total. The molecule has 1 atom stereocenters. The minimum Gasteiger partial charge on any atom is -0.354 e. The van der Waals surface area contributed by atoms with Crippen LogP contribution in [0.15, 0.2) is 0 Å². The van der Waals surface area contributed by atoms with Crippen molar-refractivity contribution in [2.45, 2.75) is 38.5 Å². The molecule has 0 bridgehead atoms. The van der Waals surface area contributed by atoms with E-state index >= 15 is 0 Å². The van der Waals surface area contributed by atoms with E-state index in [0.29, 0.717) is 0 Å². The Morgan fingerprint density at radius 3 is 2.31 bits per heavy atom. The summed E-state index contributed by atoms with van der Waals surface area (Å²) in [6.45, 7) is 2.41. The molecule has 4 nitrogen and oxygen atoms in total. The molecule has 0 spiro atoms. The minimum atomic E-state index is -4.29. The van der Waals surface area contributed by atoms with Crippen molar-refractivity contribution in [3.63, 3.8) is 0 Å². The fourth-order valence-corrected chi connectivity index (χ4v) is 1.10. The number of carbonyl (C=O) groups is 1. The van der Waals surface area contributed by atoms with Crippen LogP contribution in [-0.2, 0) is 4.79 Å². The molecular formula is C9H18F3N3O. The van der Waals surface area contributed by atoms with Crippen molar-refractivity contribution in [3.8, 4) is 0 Å². The quantitative estimate of drug-likeness (QED) is 0.630. The predicted octanol–water partition coefficient (Wildman–Crippen LogP) is 0.380. The summed E-state index contributed by atoms with van der Waals surface area (Å²) in [6.07, 6.45) is -4.34. The van der Waals surface area contributed by atoms with Gasteiger partial charge in [0.15, 0.2) is 0 Å². The van der Waals surface area contributed by atoms with E-state index in [1.807, 2.05) is 0 Å². The molecule has 0 radical (unpaired) electrons. The summed E-state index contributed by atoms with van der Waals surface area (Å²) in [4.78, 5) is 11.3. The number of alkyl halides is 3. The van der Waals surface area contributed by atoms with Crippen LogP contribution in [-0.4, -0.2) is 37.3 Å². The maximum absolute atomic E-state index is 11.9. The zero-order valence-corrected chi connectivity index (χ0v) is 9.40. The van der Waals surface area contributed by atoms with Crippen molar-refractivity contribution in [1.82, 2.24) is 10.6 Å². The van der Waals surface area contributed by atoms with Gasteiger partial charge in [-0.05, 0) is 13.8 Å². The molecule has 1 amide bonds. The molecule has 0 aliphatic heterocycles. The average molecular weight is 241 g/mol. The first-order valence-corrected chi connectivity index (χ1v) is 5.04. The minimum absolute atomic E-state index is 0.0123. The van der Waals surface area contributed by atoms with E-state index in [0.717, 1.165) is 0 Å². The molecule has 0 heterocycles. The predicted molar refractivity (Wildman–Crippen MR) is 54.8 cm³/mol. The Morgan fingerprint density at radius 1 is 1.38 bits per heavy atom. The van der Waals surface area contributed by atoms with Gasteiger partial charge in [-0.1, -0.05) is 0 Å². The highest BCUT2D eigenvalue weighted by Crippen LogP contribution is 2.12. The summed E-state index contributed by atoms with van der Waals surface area (Å²) in [5.41, 5.74) is 5.27. The van der Waals surface area contributed by atoms with Gasteiger partial charge < -0.3 is 16.4 Å². The molecule has 0 saturated heterocycles. The van der Waals surface area contributed by atoms with E-state index in [4.69, 9.17) is 5.73 Å². The standard InChI is InChI=1S/C9H18F3N3O/c1-6(2)15-8(16)3-7(4-13)14-5-9(10,11)12/h6-7,14H,3-5,13H2,1-2H3,(H,15,16). The van der Waals surface area contributed by atoms with Crippen LogP contribution in [0.25, 0.3) is 0 Å². The smallest absolute Gasteiger partial charge is 0.354 e. The van der Waals surface area contributed by atoms with Crippen LogP contribution >= 0.6 is 0 Å². The highest BCUT2D eigenvalue weighted by atomic mass is 19.4. The van der Waals surface area contributed by atoms with Crippen molar-refractivity contribution < 1.29 is 18.0 Å². The van der Waals surface area contributed by atoms with Gasteiger partial charge in [-0.2, -0.15) is 13.2 Å². The van der Waals surface area contributed by atoms with Gasteiger partial charge in [-0.15, -0.1) is 0 Å². The molecule has 0 aliphatic carbocycles. The van der Waals surface area contributed by atoms with E-state index in [1.54, 1.807) is 13.8 Å². The molecule has 0 aliphatic rings. The molecular weight excluding hydrogens is 223 g/mol. The number of rotatable bonds is 6. The summed E-state index contributed by atoms with van der Waals surface area (Å²) in [7, 11) is 0.